The molecule has 6 heteroatoms. The third kappa shape index (κ3) is 5.85. The summed E-state index contributed by atoms with van der Waals surface area (Å²) < 4.78 is 26.1. The quantitative estimate of drug-likeness (QED) is 0.515. The first kappa shape index (κ1) is 18.3. The molecule has 0 spiro atoms. The molecule has 0 radical (unpaired) electrons. The summed E-state index contributed by atoms with van der Waals surface area (Å²) in [6.07, 6.45) is 1.35. The maximum absolute atomic E-state index is 12.3. The maximum atomic E-state index is 12.3. The van der Waals surface area contributed by atoms with Crippen LogP contribution in [0, 0.1) is 0 Å². The Hall–Kier alpha value is -0.780. The molecule has 0 fully saturated rings. The number of halogens is 1. The second kappa shape index (κ2) is 8.61. The molecule has 21 heavy (non-hydrogen) atoms. The molecular weight excluding hydrogens is 308 g/mol. The molecular formula is C15H25ClN2O2S. The SMILES string of the molecule is CCN(Cc1ccc(N(C)C)cc1)S(=O)(=O)CCCCCl. The van der Waals surface area contributed by atoms with Crippen molar-refractivity contribution in [3.05, 3.63) is 29.8 Å². The van der Waals surface area contributed by atoms with Gasteiger partial charge in [0.1, 0.15) is 0 Å². The van der Waals surface area contributed by atoms with E-state index in [2.05, 4.69) is 0 Å². The van der Waals surface area contributed by atoms with Crippen LogP contribution in [0.4, 0.5) is 5.69 Å². The van der Waals surface area contributed by atoms with Crippen molar-refractivity contribution < 1.29 is 8.42 Å². The van der Waals surface area contributed by atoms with Gasteiger partial charge in [-0.25, -0.2) is 8.42 Å². The minimum atomic E-state index is -3.21. The van der Waals surface area contributed by atoms with Crippen molar-refractivity contribution >= 4 is 27.3 Å². The van der Waals surface area contributed by atoms with Gasteiger partial charge in [-0.05, 0) is 30.5 Å². The Balaban J connectivity index is 2.72. The number of nitrogens with zero attached hydrogens (tertiary/aromatic N) is 2. The molecule has 0 N–H and O–H groups in total. The van der Waals surface area contributed by atoms with Gasteiger partial charge in [-0.1, -0.05) is 19.1 Å². The van der Waals surface area contributed by atoms with Crippen LogP contribution in [-0.4, -0.2) is 45.0 Å². The van der Waals surface area contributed by atoms with Gasteiger partial charge < -0.3 is 4.90 Å². The molecule has 0 unspecified atom stereocenters. The van der Waals surface area contributed by atoms with Gasteiger partial charge in [0.05, 0.1) is 5.75 Å². The summed E-state index contributed by atoms with van der Waals surface area (Å²) in [6.45, 7) is 2.78. The summed E-state index contributed by atoms with van der Waals surface area (Å²) in [5.41, 5.74) is 2.11. The average molecular weight is 333 g/mol. The van der Waals surface area contributed by atoms with E-state index in [1.54, 1.807) is 0 Å². The highest BCUT2D eigenvalue weighted by atomic mass is 35.5. The molecule has 0 aliphatic carbocycles. The number of benzene rings is 1. The summed E-state index contributed by atoms with van der Waals surface area (Å²) in [4.78, 5) is 2.02. The van der Waals surface area contributed by atoms with E-state index < -0.39 is 10.0 Å². The molecule has 0 saturated heterocycles. The van der Waals surface area contributed by atoms with Gasteiger partial charge >= 0.3 is 0 Å². The Morgan fingerprint density at radius 2 is 1.71 bits per heavy atom. The molecule has 0 amide bonds. The minimum Gasteiger partial charge on any atom is -0.378 e. The lowest BCUT2D eigenvalue weighted by Gasteiger charge is -2.21. The number of anilines is 1. The molecule has 0 aliphatic rings. The van der Waals surface area contributed by atoms with Crippen LogP contribution in [0.25, 0.3) is 0 Å². The Kier molecular flexibility index (Phi) is 7.49. The molecule has 0 heterocycles. The van der Waals surface area contributed by atoms with Crippen LogP contribution in [0.15, 0.2) is 24.3 Å². The summed E-state index contributed by atoms with van der Waals surface area (Å²) in [5.74, 6) is 0.678. The van der Waals surface area contributed by atoms with Crippen LogP contribution in [0.5, 0.6) is 0 Å². The van der Waals surface area contributed by atoms with Crippen molar-refractivity contribution in [1.29, 1.82) is 0 Å². The number of unbranched alkanes of at least 4 members (excludes halogenated alkanes) is 1. The molecule has 1 rings (SSSR count). The van der Waals surface area contributed by atoms with Gasteiger partial charge in [0.2, 0.25) is 10.0 Å². The topological polar surface area (TPSA) is 40.6 Å². The Bertz CT molecular complexity index is 515. The van der Waals surface area contributed by atoms with Crippen LogP contribution in [-0.2, 0) is 16.6 Å². The Morgan fingerprint density at radius 1 is 1.10 bits per heavy atom. The molecule has 0 bridgehead atoms. The van der Waals surface area contributed by atoms with Crippen molar-refractivity contribution in [2.45, 2.75) is 26.3 Å². The fourth-order valence-corrected chi connectivity index (χ4v) is 3.77. The van der Waals surface area contributed by atoms with E-state index in [-0.39, 0.29) is 5.75 Å². The fraction of sp³-hybridized carbons (Fsp3) is 0.600. The van der Waals surface area contributed by atoms with Crippen LogP contribution in [0.3, 0.4) is 0 Å². The summed E-state index contributed by atoms with van der Waals surface area (Å²) in [7, 11) is 0.757. The standard InChI is InChI=1S/C15H25ClN2O2S/c1-4-18(21(19,20)12-6-5-11-16)13-14-7-9-15(10-8-14)17(2)3/h7-10H,4-6,11-13H2,1-3H3. The number of hydrogen-bond acceptors (Lipinski definition) is 3. The van der Waals surface area contributed by atoms with E-state index in [4.69, 9.17) is 11.6 Å². The van der Waals surface area contributed by atoms with Crippen molar-refractivity contribution in [2.24, 2.45) is 0 Å². The molecule has 0 aromatic heterocycles. The third-order valence-corrected chi connectivity index (χ3v) is 5.59. The molecule has 0 atom stereocenters. The summed E-state index contributed by atoms with van der Waals surface area (Å²) >= 11 is 5.60. The Morgan fingerprint density at radius 3 is 2.19 bits per heavy atom. The molecule has 1 aromatic carbocycles. The molecule has 120 valence electrons. The summed E-state index contributed by atoms with van der Waals surface area (Å²) in [6, 6.07) is 7.96. The van der Waals surface area contributed by atoms with E-state index in [9.17, 15) is 8.42 Å². The van der Waals surface area contributed by atoms with Crippen LogP contribution >= 0.6 is 11.6 Å². The minimum absolute atomic E-state index is 0.170. The van der Waals surface area contributed by atoms with Crippen LogP contribution in [0.2, 0.25) is 0 Å². The predicted octanol–water partition coefficient (Wildman–Crippen LogP) is 2.92. The number of rotatable bonds is 9. The monoisotopic (exact) mass is 332 g/mol. The van der Waals surface area contributed by atoms with Gasteiger partial charge in [0.25, 0.3) is 0 Å². The average Bonchev–Trinajstić information content (AvgIpc) is 2.45. The van der Waals surface area contributed by atoms with Gasteiger partial charge in [0, 0.05) is 38.8 Å². The van der Waals surface area contributed by atoms with Crippen molar-refractivity contribution in [1.82, 2.24) is 4.31 Å². The predicted molar refractivity (Wildman–Crippen MR) is 90.6 cm³/mol. The Labute approximate surface area is 133 Å². The third-order valence-electron chi connectivity index (χ3n) is 3.34. The van der Waals surface area contributed by atoms with Crippen LogP contribution < -0.4 is 4.90 Å². The first-order valence-electron chi connectivity index (χ1n) is 7.20. The van der Waals surface area contributed by atoms with Crippen molar-refractivity contribution in [3.8, 4) is 0 Å². The lowest BCUT2D eigenvalue weighted by atomic mass is 10.2. The highest BCUT2D eigenvalue weighted by Gasteiger charge is 2.20. The first-order valence-corrected chi connectivity index (χ1v) is 9.35. The van der Waals surface area contributed by atoms with E-state index in [0.717, 1.165) is 17.7 Å². The zero-order chi connectivity index (χ0) is 15.9. The van der Waals surface area contributed by atoms with E-state index in [0.29, 0.717) is 25.4 Å². The molecule has 0 saturated carbocycles. The smallest absolute Gasteiger partial charge is 0.214 e. The molecule has 1 aromatic rings. The highest BCUT2D eigenvalue weighted by molar-refractivity contribution is 7.89. The zero-order valence-corrected chi connectivity index (χ0v) is 14.6. The number of alkyl halides is 1. The highest BCUT2D eigenvalue weighted by Crippen LogP contribution is 2.16. The normalized spacial score (nSPS) is 11.9. The van der Waals surface area contributed by atoms with Crippen molar-refractivity contribution in [2.75, 3.05) is 37.2 Å². The zero-order valence-electron chi connectivity index (χ0n) is 13.0. The van der Waals surface area contributed by atoms with Gasteiger partial charge in [-0.2, -0.15) is 4.31 Å². The van der Waals surface area contributed by atoms with Gasteiger partial charge in [-0.3, -0.25) is 0 Å². The molecule has 0 aliphatic heterocycles. The number of sulfonamides is 1. The second-order valence-electron chi connectivity index (χ2n) is 5.20. The van der Waals surface area contributed by atoms with E-state index in [1.165, 1.54) is 4.31 Å². The lowest BCUT2D eigenvalue weighted by molar-refractivity contribution is 0.422. The van der Waals surface area contributed by atoms with E-state index >= 15 is 0 Å². The van der Waals surface area contributed by atoms with Gasteiger partial charge in [-0.15, -0.1) is 11.6 Å². The lowest BCUT2D eigenvalue weighted by Crippen LogP contribution is -2.32. The van der Waals surface area contributed by atoms with Gasteiger partial charge in [0.15, 0.2) is 0 Å². The largest absolute Gasteiger partial charge is 0.378 e. The molecule has 4 nitrogen and oxygen atoms in total. The maximum Gasteiger partial charge on any atom is 0.214 e. The summed E-state index contributed by atoms with van der Waals surface area (Å²) in [5, 5.41) is 0. The first-order chi connectivity index (χ1) is 9.90. The van der Waals surface area contributed by atoms with E-state index in [1.807, 2.05) is 50.2 Å². The number of hydrogen-bond donors (Lipinski definition) is 0. The second-order valence-corrected chi connectivity index (χ2v) is 7.67. The van der Waals surface area contributed by atoms with Crippen molar-refractivity contribution in [3.63, 3.8) is 0 Å². The van der Waals surface area contributed by atoms with Crippen LogP contribution in [0.1, 0.15) is 25.3 Å². The fourth-order valence-electron chi connectivity index (χ4n) is 2.02.